The molecule has 0 unspecified atom stereocenters. The molecule has 1 aromatic heterocycles. The molecular weight excluding hydrogens is 741 g/mol. The van der Waals surface area contributed by atoms with Gasteiger partial charge in [-0.3, -0.25) is 28.8 Å². The second kappa shape index (κ2) is 19.3. The van der Waals surface area contributed by atoms with Gasteiger partial charge in [0.25, 0.3) is 0 Å². The van der Waals surface area contributed by atoms with Crippen LogP contribution < -0.4 is 32.3 Å². The third-order valence-electron chi connectivity index (χ3n) is 10.8. The molecule has 6 amide bonds. The van der Waals surface area contributed by atoms with Crippen molar-refractivity contribution in [2.45, 2.75) is 94.5 Å². The number of para-hydroxylation sites is 1. The van der Waals surface area contributed by atoms with Crippen molar-refractivity contribution in [2.24, 2.45) is 5.73 Å². The number of H-pyrrole nitrogens is 1. The summed E-state index contributed by atoms with van der Waals surface area (Å²) in [4.78, 5) is 89.6. The Balaban J connectivity index is 1.38. The van der Waals surface area contributed by atoms with Crippen molar-refractivity contribution in [3.63, 3.8) is 0 Å². The number of amides is 6. The number of nitrogens with one attached hydrogen (secondary N) is 6. The van der Waals surface area contributed by atoms with E-state index in [1.807, 2.05) is 54.6 Å². The molecule has 6 rings (SSSR count). The van der Waals surface area contributed by atoms with Crippen LogP contribution in [0.2, 0.25) is 0 Å². The largest absolute Gasteiger partial charge is 0.508 e. The summed E-state index contributed by atoms with van der Waals surface area (Å²) in [6.07, 6.45) is 3.98. The number of aromatic nitrogens is 1. The van der Waals surface area contributed by atoms with Crippen molar-refractivity contribution in [1.29, 1.82) is 0 Å². The van der Waals surface area contributed by atoms with Gasteiger partial charge in [0.05, 0.1) is 0 Å². The van der Waals surface area contributed by atoms with Crippen LogP contribution in [0.25, 0.3) is 10.9 Å². The molecule has 15 nitrogen and oxygen atoms in total. The lowest BCUT2D eigenvalue weighted by atomic mass is 10.00. The van der Waals surface area contributed by atoms with Gasteiger partial charge in [0.1, 0.15) is 42.0 Å². The molecule has 0 bridgehead atoms. The third kappa shape index (κ3) is 10.4. The minimum Gasteiger partial charge on any atom is -0.508 e. The van der Waals surface area contributed by atoms with Gasteiger partial charge >= 0.3 is 0 Å². The maximum atomic E-state index is 14.5. The lowest BCUT2D eigenvalue weighted by molar-refractivity contribution is -0.142. The Bertz CT molecular complexity index is 2090. The molecule has 2 aliphatic rings. The van der Waals surface area contributed by atoms with E-state index in [1.165, 1.54) is 24.0 Å². The van der Waals surface area contributed by atoms with Gasteiger partial charge in [-0.25, -0.2) is 0 Å². The van der Waals surface area contributed by atoms with Crippen molar-refractivity contribution in [2.75, 3.05) is 13.1 Å². The molecule has 306 valence electrons. The van der Waals surface area contributed by atoms with Gasteiger partial charge in [-0.05, 0) is 80.5 Å². The summed E-state index contributed by atoms with van der Waals surface area (Å²) in [6, 6.07) is 16.2. The number of phenols is 1. The van der Waals surface area contributed by atoms with Gasteiger partial charge in [0.15, 0.2) is 0 Å². The highest BCUT2D eigenvalue weighted by Crippen LogP contribution is 2.22. The highest BCUT2D eigenvalue weighted by molar-refractivity contribution is 5.99. The monoisotopic (exact) mass is 792 g/mol. The number of carbonyl (C=O) groups excluding carboxylic acids is 6. The van der Waals surface area contributed by atoms with Gasteiger partial charge in [-0.1, -0.05) is 60.7 Å². The molecule has 6 atom stereocenters. The van der Waals surface area contributed by atoms with Gasteiger partial charge in [0, 0.05) is 42.9 Å². The highest BCUT2D eigenvalue weighted by Gasteiger charge is 2.39. The van der Waals surface area contributed by atoms with Crippen molar-refractivity contribution in [3.05, 3.63) is 102 Å². The average molecular weight is 793 g/mol. The highest BCUT2D eigenvalue weighted by atomic mass is 16.3. The first-order valence-electron chi connectivity index (χ1n) is 19.9. The van der Waals surface area contributed by atoms with E-state index in [0.717, 1.165) is 22.0 Å². The zero-order valence-electron chi connectivity index (χ0n) is 32.5. The number of rotatable bonds is 10. The van der Waals surface area contributed by atoms with Crippen molar-refractivity contribution in [1.82, 2.24) is 36.5 Å². The number of nitrogens with zero attached hydrogens (tertiary/aromatic N) is 1. The van der Waals surface area contributed by atoms with Crippen LogP contribution in [0, 0.1) is 0 Å². The standard InChI is InChI=1S/C43H52N8O7/c1-26-43(58)51-21-9-15-37(51)42(57)50-35(22-27-10-3-2-4-11-27)40(55)49-36(24-29-25-45-32-13-6-5-12-31(29)32)41(56)47-33(14-7-8-20-44)38(53)48-34(39(54)46-26)23-28-16-18-30(52)19-17-28/h2-6,10-13,16-19,25-26,33-37,45,52H,7-9,14-15,20-24,44H2,1H3,(H,46,54)(H,47,56)(H,48,53)(H,49,55)(H,50,57)/t26-,33-,34-,35-,36-,37-/m0/s1. The van der Waals surface area contributed by atoms with E-state index in [2.05, 4.69) is 31.6 Å². The summed E-state index contributed by atoms with van der Waals surface area (Å²) < 4.78 is 0. The number of phenolic OH excluding ortho intramolecular Hbond substituents is 1. The molecule has 0 saturated carbocycles. The molecule has 3 aromatic carbocycles. The van der Waals surface area contributed by atoms with Crippen LogP contribution in [0.1, 0.15) is 55.7 Å². The lowest BCUT2D eigenvalue weighted by Crippen LogP contribution is -2.61. The molecule has 2 fully saturated rings. The third-order valence-corrected chi connectivity index (χ3v) is 10.8. The number of aromatic amines is 1. The zero-order chi connectivity index (χ0) is 41.2. The maximum absolute atomic E-state index is 14.5. The first-order valence-corrected chi connectivity index (χ1v) is 19.9. The van der Waals surface area contributed by atoms with Gasteiger partial charge in [-0.15, -0.1) is 0 Å². The fourth-order valence-electron chi connectivity index (χ4n) is 7.64. The number of benzene rings is 3. The van der Waals surface area contributed by atoms with E-state index in [-0.39, 0.29) is 38.0 Å². The first kappa shape index (κ1) is 41.4. The summed E-state index contributed by atoms with van der Waals surface area (Å²) in [5.74, 6) is -3.55. The molecule has 3 heterocycles. The Labute approximate surface area is 336 Å². The topological polar surface area (TPSA) is 228 Å². The van der Waals surface area contributed by atoms with Crippen molar-refractivity contribution >= 4 is 46.3 Å². The van der Waals surface area contributed by atoms with E-state index in [1.54, 1.807) is 18.3 Å². The van der Waals surface area contributed by atoms with Crippen LogP contribution in [-0.2, 0) is 48.0 Å². The predicted molar refractivity (Wildman–Crippen MR) is 217 cm³/mol. The normalized spacial score (nSPS) is 23.9. The molecular formula is C43H52N8O7. The predicted octanol–water partition coefficient (Wildman–Crippen LogP) is 1.48. The molecule has 2 saturated heterocycles. The number of aromatic hydroxyl groups is 1. The first-order chi connectivity index (χ1) is 28.0. The van der Waals surface area contributed by atoms with Crippen LogP contribution in [0.3, 0.4) is 0 Å². The average Bonchev–Trinajstić information content (AvgIpc) is 3.88. The lowest BCUT2D eigenvalue weighted by Gasteiger charge is -2.31. The summed E-state index contributed by atoms with van der Waals surface area (Å²) in [7, 11) is 0. The summed E-state index contributed by atoms with van der Waals surface area (Å²) in [5.41, 5.74) is 8.74. The second-order valence-electron chi connectivity index (χ2n) is 15.1. The Morgan fingerprint density at radius 1 is 0.655 bits per heavy atom. The molecule has 0 radical (unpaired) electrons. The van der Waals surface area contributed by atoms with E-state index in [9.17, 15) is 33.9 Å². The van der Waals surface area contributed by atoms with E-state index < -0.39 is 71.7 Å². The number of hydrogen-bond acceptors (Lipinski definition) is 8. The van der Waals surface area contributed by atoms with Crippen LogP contribution >= 0.6 is 0 Å². The maximum Gasteiger partial charge on any atom is 0.245 e. The van der Waals surface area contributed by atoms with Crippen LogP contribution in [0.4, 0.5) is 0 Å². The van der Waals surface area contributed by atoms with Crippen molar-refractivity contribution < 1.29 is 33.9 Å². The van der Waals surface area contributed by atoms with Crippen molar-refractivity contribution in [3.8, 4) is 5.75 Å². The SMILES string of the molecule is C[C@@H]1NC(=O)[C@H](Cc2ccc(O)cc2)NC(=O)[C@H](CCCCN)NC(=O)[C@H](Cc2c[nH]c3ccccc23)NC(=O)[C@H](Cc2ccccc2)NC(=O)[C@@H]2CCCN2C1=O. The molecule has 2 aliphatic heterocycles. The molecule has 4 aromatic rings. The van der Waals surface area contributed by atoms with Crippen LogP contribution in [0.5, 0.6) is 5.75 Å². The number of nitrogens with two attached hydrogens (primary N) is 1. The number of unbranched alkanes of at least 4 members (excludes halogenated alkanes) is 1. The number of fused-ring (bicyclic) bond motifs is 2. The fraction of sp³-hybridized carbons (Fsp3) is 0.395. The summed E-state index contributed by atoms with van der Waals surface area (Å²) in [6.45, 7) is 2.13. The van der Waals surface area contributed by atoms with Gasteiger partial charge in [0.2, 0.25) is 35.4 Å². The molecule has 9 N–H and O–H groups in total. The Morgan fingerprint density at radius 3 is 1.91 bits per heavy atom. The molecule has 58 heavy (non-hydrogen) atoms. The van der Waals surface area contributed by atoms with Gasteiger partial charge < -0.3 is 47.3 Å². The van der Waals surface area contributed by atoms with Crippen LogP contribution in [0.15, 0.2) is 85.1 Å². The molecule has 0 spiro atoms. The number of hydrogen-bond donors (Lipinski definition) is 8. The number of carbonyl (C=O) groups is 6. The van der Waals surface area contributed by atoms with E-state index >= 15 is 0 Å². The second-order valence-corrected chi connectivity index (χ2v) is 15.1. The fourth-order valence-corrected chi connectivity index (χ4v) is 7.64. The smallest absolute Gasteiger partial charge is 0.245 e. The Kier molecular flexibility index (Phi) is 13.8. The van der Waals surface area contributed by atoms with Gasteiger partial charge in [-0.2, -0.15) is 0 Å². The minimum atomic E-state index is -1.20. The molecule has 15 heteroatoms. The van der Waals surface area contributed by atoms with Crippen LogP contribution in [-0.4, -0.2) is 99.8 Å². The zero-order valence-corrected chi connectivity index (χ0v) is 32.5. The van der Waals surface area contributed by atoms with E-state index in [0.29, 0.717) is 37.8 Å². The Morgan fingerprint density at radius 2 is 1.22 bits per heavy atom. The molecule has 0 aliphatic carbocycles. The quantitative estimate of drug-likeness (QED) is 0.110. The summed E-state index contributed by atoms with van der Waals surface area (Å²) in [5, 5.41) is 24.9. The Hall–Kier alpha value is -6.22. The summed E-state index contributed by atoms with van der Waals surface area (Å²) >= 11 is 0. The minimum absolute atomic E-state index is 0.000968. The van der Waals surface area contributed by atoms with E-state index in [4.69, 9.17) is 5.73 Å².